The van der Waals surface area contributed by atoms with Crippen molar-refractivity contribution in [2.45, 2.75) is 89.4 Å². The third-order valence-electron chi connectivity index (χ3n) is 4.57. The highest BCUT2D eigenvalue weighted by atomic mass is 16.3. The number of rotatable bonds is 6. The summed E-state index contributed by atoms with van der Waals surface area (Å²) in [5, 5.41) is 15.8. The molecule has 0 unspecified atom stereocenters. The van der Waals surface area contributed by atoms with Crippen molar-refractivity contribution in [3.63, 3.8) is 0 Å². The van der Waals surface area contributed by atoms with Crippen LogP contribution in [0.15, 0.2) is 0 Å². The molecule has 2 fully saturated rings. The molecule has 1 saturated carbocycles. The van der Waals surface area contributed by atoms with Crippen LogP contribution in [0.2, 0.25) is 0 Å². The fourth-order valence-electron chi connectivity index (χ4n) is 3.91. The minimum absolute atomic E-state index is 0.0427. The van der Waals surface area contributed by atoms with Crippen molar-refractivity contribution >= 4 is 6.03 Å². The lowest BCUT2D eigenvalue weighted by Crippen LogP contribution is -2.63. The maximum Gasteiger partial charge on any atom is 0.317 e. The number of unbranched alkanes of at least 4 members (excludes halogenated alkanes) is 1. The summed E-state index contributed by atoms with van der Waals surface area (Å²) in [4.78, 5) is 14.6. The van der Waals surface area contributed by atoms with Crippen LogP contribution in [0.1, 0.15) is 66.2 Å². The summed E-state index contributed by atoms with van der Waals surface area (Å²) in [6.07, 6.45) is 5.80. The molecule has 0 atom stereocenters. The third-order valence-corrected chi connectivity index (χ3v) is 4.57. The predicted octanol–water partition coefficient (Wildman–Crippen LogP) is 2.24. The van der Waals surface area contributed by atoms with E-state index in [2.05, 4.69) is 38.3 Å². The topological polar surface area (TPSA) is 64.6 Å². The molecule has 22 heavy (non-hydrogen) atoms. The van der Waals surface area contributed by atoms with Crippen LogP contribution in [0, 0.1) is 0 Å². The minimum Gasteiger partial charge on any atom is -0.396 e. The summed E-state index contributed by atoms with van der Waals surface area (Å²) in [5.41, 5.74) is 0.0853. The second-order valence-electron chi connectivity index (χ2n) is 8.30. The Labute approximate surface area is 134 Å². The second kappa shape index (κ2) is 6.75. The first-order chi connectivity index (χ1) is 10.2. The molecule has 1 aliphatic heterocycles. The molecule has 2 aliphatic rings. The molecule has 3 N–H and O–H groups in total. The first-order valence-electron chi connectivity index (χ1n) is 8.70. The number of hydrogen-bond acceptors (Lipinski definition) is 3. The molecule has 5 nitrogen and oxygen atoms in total. The van der Waals surface area contributed by atoms with Gasteiger partial charge in [0.05, 0.1) is 0 Å². The van der Waals surface area contributed by atoms with Crippen molar-refractivity contribution in [3.8, 4) is 0 Å². The molecule has 2 amide bonds. The number of carbonyl (C=O) groups excluding carboxylic acids is 1. The summed E-state index contributed by atoms with van der Waals surface area (Å²) in [6, 6.07) is 0.721. The minimum atomic E-state index is 0.0427. The zero-order valence-electron chi connectivity index (χ0n) is 14.6. The van der Waals surface area contributed by atoms with Crippen LogP contribution in [-0.2, 0) is 0 Å². The number of aliphatic hydroxyl groups is 1. The van der Waals surface area contributed by atoms with Gasteiger partial charge in [-0.05, 0) is 66.2 Å². The maximum absolute atomic E-state index is 12.6. The Morgan fingerprint density at radius 1 is 1.18 bits per heavy atom. The Bertz CT molecular complexity index is 375. The number of urea groups is 1. The summed E-state index contributed by atoms with van der Waals surface area (Å²) in [6.45, 7) is 9.77. The first kappa shape index (κ1) is 17.5. The van der Waals surface area contributed by atoms with Crippen molar-refractivity contribution in [1.29, 1.82) is 0 Å². The van der Waals surface area contributed by atoms with E-state index in [1.165, 1.54) is 0 Å². The molecule has 1 aliphatic carbocycles. The molecule has 1 heterocycles. The Hall–Kier alpha value is -0.810. The number of aliphatic hydroxyl groups excluding tert-OH is 1. The van der Waals surface area contributed by atoms with Gasteiger partial charge in [0.1, 0.15) is 0 Å². The molecule has 5 heteroatoms. The zero-order chi connectivity index (χ0) is 16.4. The molecule has 0 bridgehead atoms. The van der Waals surface area contributed by atoms with Crippen LogP contribution in [0.5, 0.6) is 0 Å². The lowest BCUT2D eigenvalue weighted by Gasteiger charge is -2.47. The summed E-state index contributed by atoms with van der Waals surface area (Å²) >= 11 is 0. The van der Waals surface area contributed by atoms with Crippen molar-refractivity contribution < 1.29 is 9.90 Å². The maximum atomic E-state index is 12.6. The van der Waals surface area contributed by atoms with Gasteiger partial charge in [0.2, 0.25) is 0 Å². The van der Waals surface area contributed by atoms with Gasteiger partial charge in [0.15, 0.2) is 0 Å². The molecular formula is C17H33N3O2. The van der Waals surface area contributed by atoms with E-state index < -0.39 is 0 Å². The quantitative estimate of drug-likeness (QED) is 0.659. The molecule has 0 aromatic carbocycles. The number of nitrogens with one attached hydrogen (secondary N) is 2. The van der Waals surface area contributed by atoms with Crippen LogP contribution in [0.25, 0.3) is 0 Å². The Morgan fingerprint density at radius 2 is 1.77 bits per heavy atom. The summed E-state index contributed by atoms with van der Waals surface area (Å²) < 4.78 is 0. The van der Waals surface area contributed by atoms with E-state index in [-0.39, 0.29) is 29.8 Å². The highest BCUT2D eigenvalue weighted by Crippen LogP contribution is 2.30. The van der Waals surface area contributed by atoms with Gasteiger partial charge < -0.3 is 20.6 Å². The van der Waals surface area contributed by atoms with Gasteiger partial charge in [0.25, 0.3) is 0 Å². The smallest absolute Gasteiger partial charge is 0.317 e. The van der Waals surface area contributed by atoms with E-state index in [9.17, 15) is 4.79 Å². The Balaban J connectivity index is 1.91. The lowest BCUT2D eigenvalue weighted by molar-refractivity contribution is 0.137. The van der Waals surface area contributed by atoms with E-state index in [4.69, 9.17) is 5.11 Å². The van der Waals surface area contributed by atoms with Gasteiger partial charge in [-0.25, -0.2) is 4.79 Å². The monoisotopic (exact) mass is 311 g/mol. The van der Waals surface area contributed by atoms with E-state index in [0.717, 1.165) is 45.1 Å². The average molecular weight is 311 g/mol. The largest absolute Gasteiger partial charge is 0.396 e. The van der Waals surface area contributed by atoms with Crippen LogP contribution in [-0.4, -0.2) is 52.4 Å². The molecule has 0 aromatic rings. The van der Waals surface area contributed by atoms with Gasteiger partial charge >= 0.3 is 6.03 Å². The van der Waals surface area contributed by atoms with E-state index in [0.29, 0.717) is 6.04 Å². The van der Waals surface area contributed by atoms with Crippen molar-refractivity contribution in [1.82, 2.24) is 15.5 Å². The molecule has 1 saturated heterocycles. The molecule has 0 radical (unpaired) electrons. The van der Waals surface area contributed by atoms with Gasteiger partial charge in [0, 0.05) is 36.3 Å². The van der Waals surface area contributed by atoms with Gasteiger partial charge in [-0.3, -0.25) is 0 Å². The van der Waals surface area contributed by atoms with Crippen LogP contribution >= 0.6 is 0 Å². The number of nitrogens with zero attached hydrogens (tertiary/aromatic N) is 1. The van der Waals surface area contributed by atoms with Crippen molar-refractivity contribution in [2.24, 2.45) is 0 Å². The number of carbonyl (C=O) groups is 1. The number of amides is 2. The molecular weight excluding hydrogens is 278 g/mol. The Morgan fingerprint density at radius 3 is 2.27 bits per heavy atom. The van der Waals surface area contributed by atoms with Gasteiger partial charge in [-0.15, -0.1) is 0 Å². The van der Waals surface area contributed by atoms with Gasteiger partial charge in [-0.2, -0.15) is 0 Å². The third kappa shape index (κ3) is 5.13. The van der Waals surface area contributed by atoms with E-state index in [1.54, 1.807) is 0 Å². The summed E-state index contributed by atoms with van der Waals surface area (Å²) in [5.74, 6) is 0. The summed E-state index contributed by atoms with van der Waals surface area (Å²) in [7, 11) is 0. The standard InChI is InChI=1S/C17H33N3O2/c1-16(2)11-13(12-17(3,4)19-16)18-15(22)20(14-7-8-14)9-5-6-10-21/h13-14,19,21H,5-12H2,1-4H3,(H,18,22). The molecule has 0 spiro atoms. The van der Waals surface area contributed by atoms with Crippen LogP contribution in [0.4, 0.5) is 4.79 Å². The molecule has 2 rings (SSSR count). The van der Waals surface area contributed by atoms with E-state index >= 15 is 0 Å². The van der Waals surface area contributed by atoms with Crippen molar-refractivity contribution in [2.75, 3.05) is 13.2 Å². The molecule has 128 valence electrons. The predicted molar refractivity (Wildman–Crippen MR) is 88.9 cm³/mol. The highest BCUT2D eigenvalue weighted by molar-refractivity contribution is 5.75. The Kier molecular flexibility index (Phi) is 5.38. The highest BCUT2D eigenvalue weighted by Gasteiger charge is 2.39. The first-order valence-corrected chi connectivity index (χ1v) is 8.70. The molecule has 0 aromatic heterocycles. The number of hydrogen-bond donors (Lipinski definition) is 3. The zero-order valence-corrected chi connectivity index (χ0v) is 14.6. The second-order valence-corrected chi connectivity index (χ2v) is 8.30. The average Bonchev–Trinajstić information content (AvgIpc) is 3.14. The fourth-order valence-corrected chi connectivity index (χ4v) is 3.91. The van der Waals surface area contributed by atoms with E-state index in [1.807, 2.05) is 4.90 Å². The normalized spacial score (nSPS) is 24.0. The van der Waals surface area contributed by atoms with Crippen LogP contribution in [0.3, 0.4) is 0 Å². The number of piperidine rings is 1. The van der Waals surface area contributed by atoms with Gasteiger partial charge in [-0.1, -0.05) is 0 Å². The lowest BCUT2D eigenvalue weighted by atomic mass is 9.79. The fraction of sp³-hybridized carbons (Fsp3) is 0.941. The van der Waals surface area contributed by atoms with Crippen LogP contribution < -0.4 is 10.6 Å². The SMILES string of the molecule is CC1(C)CC(NC(=O)N(CCCCO)C2CC2)CC(C)(C)N1. The van der Waals surface area contributed by atoms with Crippen molar-refractivity contribution in [3.05, 3.63) is 0 Å².